The molecule has 2 aliphatic heterocycles. The minimum absolute atomic E-state index is 0.0345. The third-order valence-electron chi connectivity index (χ3n) is 4.86. The lowest BCUT2D eigenvalue weighted by atomic mass is 10.0. The molecular weight excluding hydrogens is 420 g/mol. The van der Waals surface area contributed by atoms with Crippen LogP contribution in [0.15, 0.2) is 18.2 Å². The number of hydrogen-bond donors (Lipinski definition) is 2. The molecule has 0 bridgehead atoms. The van der Waals surface area contributed by atoms with Crippen LogP contribution in [0.5, 0.6) is 0 Å². The molecule has 0 radical (unpaired) electrons. The van der Waals surface area contributed by atoms with E-state index in [2.05, 4.69) is 10.6 Å². The highest BCUT2D eigenvalue weighted by molar-refractivity contribution is 7.16. The van der Waals surface area contributed by atoms with Crippen molar-refractivity contribution in [2.75, 3.05) is 18.5 Å². The predicted octanol–water partition coefficient (Wildman–Crippen LogP) is 3.68. The maximum absolute atomic E-state index is 12.8. The molecule has 2 N–H and O–H groups in total. The molecule has 0 fully saturated rings. The van der Waals surface area contributed by atoms with E-state index in [1.54, 1.807) is 17.9 Å². The lowest BCUT2D eigenvalue weighted by Crippen LogP contribution is -2.39. The summed E-state index contributed by atoms with van der Waals surface area (Å²) in [7, 11) is 0. The van der Waals surface area contributed by atoms with Crippen molar-refractivity contribution in [3.63, 3.8) is 0 Å². The number of nitrogens with one attached hydrogen (secondary N) is 2. The van der Waals surface area contributed by atoms with E-state index in [1.165, 1.54) is 23.5 Å². The number of ether oxygens (including phenoxy) is 1. The molecule has 1 aromatic heterocycles. The van der Waals surface area contributed by atoms with Crippen LogP contribution in [0, 0.1) is 10.1 Å². The Morgan fingerprint density at radius 2 is 2.24 bits per heavy atom. The number of anilines is 1. The van der Waals surface area contributed by atoms with Gasteiger partial charge in [-0.05, 0) is 25.0 Å². The van der Waals surface area contributed by atoms with Gasteiger partial charge in [-0.1, -0.05) is 17.7 Å². The van der Waals surface area contributed by atoms with Crippen molar-refractivity contribution in [1.82, 2.24) is 10.2 Å². The minimum Gasteiger partial charge on any atom is -0.450 e. The lowest BCUT2D eigenvalue weighted by molar-refractivity contribution is -0.384. The maximum Gasteiger partial charge on any atom is 0.410 e. The summed E-state index contributed by atoms with van der Waals surface area (Å²) in [5.41, 5.74) is 1.81. The molecule has 0 spiro atoms. The minimum atomic E-state index is -0.618. The molecule has 0 saturated carbocycles. The van der Waals surface area contributed by atoms with Crippen molar-refractivity contribution in [1.29, 1.82) is 0 Å². The van der Waals surface area contributed by atoms with Gasteiger partial charge in [0.2, 0.25) is 0 Å². The summed E-state index contributed by atoms with van der Waals surface area (Å²) >= 11 is 7.29. The number of carbonyl (C=O) groups excluding carboxylic acids is 2. The Hall–Kier alpha value is -2.85. The van der Waals surface area contributed by atoms with Crippen molar-refractivity contribution in [3.05, 3.63) is 54.9 Å². The van der Waals surface area contributed by atoms with Crippen LogP contribution in [0.4, 0.5) is 15.5 Å². The number of carbonyl (C=O) groups is 2. The van der Waals surface area contributed by atoms with Gasteiger partial charge in [0, 0.05) is 23.1 Å². The fraction of sp³-hybridized carbons (Fsp3) is 0.333. The predicted molar refractivity (Wildman–Crippen MR) is 107 cm³/mol. The number of hydrogen-bond acceptors (Lipinski definition) is 7. The van der Waals surface area contributed by atoms with Crippen LogP contribution in [0.1, 0.15) is 39.5 Å². The summed E-state index contributed by atoms with van der Waals surface area (Å²) in [5.74, 6) is -0.247. The smallest absolute Gasteiger partial charge is 0.410 e. The normalized spacial score (nSPS) is 17.7. The van der Waals surface area contributed by atoms with Gasteiger partial charge in [-0.15, -0.1) is 11.3 Å². The molecule has 1 aromatic carbocycles. The highest BCUT2D eigenvalue weighted by atomic mass is 35.5. The fourth-order valence-electron chi connectivity index (χ4n) is 3.50. The topological polar surface area (TPSA) is 114 Å². The van der Waals surface area contributed by atoms with Crippen molar-refractivity contribution >= 4 is 45.6 Å². The molecule has 2 amide bonds. The van der Waals surface area contributed by atoms with Crippen LogP contribution in [-0.2, 0) is 17.7 Å². The molecular formula is C18H17ClN4O5S. The van der Waals surface area contributed by atoms with E-state index >= 15 is 0 Å². The summed E-state index contributed by atoms with van der Waals surface area (Å²) in [6.45, 7) is 2.93. The van der Waals surface area contributed by atoms with Crippen LogP contribution in [0.3, 0.4) is 0 Å². The number of thiophene rings is 1. The molecule has 152 valence electrons. The van der Waals surface area contributed by atoms with Crippen LogP contribution >= 0.6 is 22.9 Å². The van der Waals surface area contributed by atoms with Gasteiger partial charge < -0.3 is 20.3 Å². The molecule has 1 atom stereocenters. The quantitative estimate of drug-likeness (QED) is 0.560. The van der Waals surface area contributed by atoms with E-state index in [-0.39, 0.29) is 22.7 Å². The molecule has 0 aliphatic carbocycles. The van der Waals surface area contributed by atoms with Gasteiger partial charge in [0.05, 0.1) is 23.6 Å². The second-order valence-electron chi connectivity index (χ2n) is 6.60. The first-order valence-corrected chi connectivity index (χ1v) is 10.2. The van der Waals surface area contributed by atoms with E-state index < -0.39 is 11.1 Å². The SMILES string of the molecule is CCOC(=O)N1CCc2c(sc3c2C(=O)NC(c2ccc(Cl)c([N+](=O)[O-])c2)N3)C1. The fourth-order valence-corrected chi connectivity index (χ4v) is 4.98. The molecule has 1 unspecified atom stereocenters. The Kier molecular flexibility index (Phi) is 5.05. The Bertz CT molecular complexity index is 1020. The second-order valence-corrected chi connectivity index (χ2v) is 8.11. The summed E-state index contributed by atoms with van der Waals surface area (Å²) in [6, 6.07) is 4.42. The van der Waals surface area contributed by atoms with E-state index in [9.17, 15) is 19.7 Å². The summed E-state index contributed by atoms with van der Waals surface area (Å²) < 4.78 is 5.07. The first kappa shape index (κ1) is 19.5. The maximum atomic E-state index is 12.8. The molecule has 3 heterocycles. The van der Waals surface area contributed by atoms with Crippen molar-refractivity contribution < 1.29 is 19.2 Å². The zero-order valence-corrected chi connectivity index (χ0v) is 16.9. The van der Waals surface area contributed by atoms with Gasteiger partial charge in [0.25, 0.3) is 11.6 Å². The monoisotopic (exact) mass is 436 g/mol. The molecule has 2 aliphatic rings. The summed E-state index contributed by atoms with van der Waals surface area (Å²) in [6.07, 6.45) is -0.424. The molecule has 11 heteroatoms. The number of nitro groups is 1. The molecule has 29 heavy (non-hydrogen) atoms. The summed E-state index contributed by atoms with van der Waals surface area (Å²) in [4.78, 5) is 38.0. The number of halogens is 1. The largest absolute Gasteiger partial charge is 0.450 e. The number of nitro benzene ring substituents is 1. The van der Waals surface area contributed by atoms with Crippen molar-refractivity contribution in [3.8, 4) is 0 Å². The molecule has 2 aromatic rings. The van der Waals surface area contributed by atoms with Crippen molar-refractivity contribution in [2.45, 2.75) is 26.1 Å². The number of rotatable bonds is 3. The Morgan fingerprint density at radius 1 is 1.45 bits per heavy atom. The van der Waals surface area contributed by atoms with Gasteiger partial charge in [-0.2, -0.15) is 0 Å². The van der Waals surface area contributed by atoms with Crippen LogP contribution in [0.2, 0.25) is 5.02 Å². The van der Waals surface area contributed by atoms with E-state index in [1.807, 2.05) is 0 Å². The first-order valence-electron chi connectivity index (χ1n) is 8.96. The highest BCUT2D eigenvalue weighted by Crippen LogP contribution is 2.41. The van der Waals surface area contributed by atoms with E-state index in [4.69, 9.17) is 16.3 Å². The van der Waals surface area contributed by atoms with Gasteiger partial charge >= 0.3 is 6.09 Å². The Balaban J connectivity index is 1.61. The molecule has 0 saturated heterocycles. The van der Waals surface area contributed by atoms with E-state index in [0.717, 1.165) is 10.4 Å². The Morgan fingerprint density at radius 3 is 2.97 bits per heavy atom. The lowest BCUT2D eigenvalue weighted by Gasteiger charge is -2.28. The van der Waals surface area contributed by atoms with Crippen LogP contribution in [0.25, 0.3) is 0 Å². The second kappa shape index (κ2) is 7.53. The average molecular weight is 437 g/mol. The zero-order valence-electron chi connectivity index (χ0n) is 15.4. The highest BCUT2D eigenvalue weighted by Gasteiger charge is 2.35. The summed E-state index contributed by atoms with van der Waals surface area (Å²) in [5, 5.41) is 18.0. The molecule has 9 nitrogen and oxygen atoms in total. The van der Waals surface area contributed by atoms with Crippen LogP contribution in [-0.4, -0.2) is 35.0 Å². The molecule has 4 rings (SSSR count). The van der Waals surface area contributed by atoms with Gasteiger partial charge in [0.15, 0.2) is 0 Å². The van der Waals surface area contributed by atoms with Crippen LogP contribution < -0.4 is 10.6 Å². The number of amides is 2. The van der Waals surface area contributed by atoms with E-state index in [0.29, 0.717) is 42.2 Å². The average Bonchev–Trinajstić information content (AvgIpc) is 3.06. The van der Waals surface area contributed by atoms with Crippen molar-refractivity contribution in [2.24, 2.45) is 0 Å². The van der Waals surface area contributed by atoms with Gasteiger partial charge in [-0.25, -0.2) is 4.79 Å². The van der Waals surface area contributed by atoms with Gasteiger partial charge in [-0.3, -0.25) is 14.9 Å². The Labute approximate surface area is 174 Å². The number of nitrogens with zero attached hydrogens (tertiary/aromatic N) is 2. The third kappa shape index (κ3) is 3.49. The standard InChI is InChI=1S/C18H17ClN4O5S/c1-2-28-18(25)22-6-5-10-13(8-22)29-17-14(10)16(24)20-15(21-17)9-3-4-11(19)12(7-9)23(26)27/h3-4,7,15,21H,2,5-6,8H2,1H3,(H,20,24). The third-order valence-corrected chi connectivity index (χ3v) is 6.33. The first-order chi connectivity index (χ1) is 13.9. The van der Waals surface area contributed by atoms with Gasteiger partial charge in [0.1, 0.15) is 16.2 Å². The number of benzene rings is 1. The zero-order chi connectivity index (χ0) is 20.7. The number of fused-ring (bicyclic) bond motifs is 3.